The molecule has 2 aromatic carbocycles. The van der Waals surface area contributed by atoms with E-state index in [2.05, 4.69) is 20.3 Å². The van der Waals surface area contributed by atoms with Crippen molar-refractivity contribution in [3.63, 3.8) is 0 Å². The number of aromatic amines is 1. The summed E-state index contributed by atoms with van der Waals surface area (Å²) in [6.07, 6.45) is 1.89. The lowest BCUT2D eigenvalue weighted by atomic mass is 10.1. The van der Waals surface area contributed by atoms with Crippen LogP contribution in [-0.4, -0.2) is 25.0 Å². The largest absolute Gasteiger partial charge is 0.423 e. The molecule has 3 heterocycles. The number of thioether (sulfide) groups is 1. The highest BCUT2D eigenvalue weighted by atomic mass is 32.2. The molecule has 8 heteroatoms. The number of benzene rings is 2. The van der Waals surface area contributed by atoms with E-state index in [0.29, 0.717) is 17.9 Å². The van der Waals surface area contributed by atoms with E-state index in [9.17, 15) is 4.79 Å². The van der Waals surface area contributed by atoms with Crippen molar-refractivity contribution in [2.24, 2.45) is 0 Å². The lowest BCUT2D eigenvalue weighted by Gasteiger charge is -2.06. The molecule has 0 aliphatic heterocycles. The Morgan fingerprint density at radius 3 is 2.97 bits per heavy atom. The van der Waals surface area contributed by atoms with Crippen molar-refractivity contribution in [1.29, 1.82) is 0 Å². The number of hydrogen-bond donors (Lipinski definition) is 1. The summed E-state index contributed by atoms with van der Waals surface area (Å²) in [6, 6.07) is 15.2. The SMILES string of the molecule is Cc1ccc2oc(=O)cc(Cn3cc(CSc4nc5ccccc5[nH]4)nn3)c2c1. The third-order valence-electron chi connectivity index (χ3n) is 4.63. The summed E-state index contributed by atoms with van der Waals surface area (Å²) in [5.41, 5.74) is 5.00. The maximum atomic E-state index is 11.9. The van der Waals surface area contributed by atoms with Gasteiger partial charge < -0.3 is 9.40 Å². The highest BCUT2D eigenvalue weighted by Gasteiger charge is 2.10. The first-order valence-electron chi connectivity index (χ1n) is 9.14. The van der Waals surface area contributed by atoms with Crippen LogP contribution >= 0.6 is 11.8 Å². The molecule has 0 aliphatic carbocycles. The van der Waals surface area contributed by atoms with Gasteiger partial charge in [-0.2, -0.15) is 0 Å². The molecule has 0 amide bonds. The number of fused-ring (bicyclic) bond motifs is 2. The molecule has 0 saturated carbocycles. The van der Waals surface area contributed by atoms with E-state index >= 15 is 0 Å². The smallest absolute Gasteiger partial charge is 0.336 e. The number of hydrogen-bond acceptors (Lipinski definition) is 6. The van der Waals surface area contributed by atoms with Gasteiger partial charge in [0.25, 0.3) is 0 Å². The molecule has 1 N–H and O–H groups in total. The van der Waals surface area contributed by atoms with Crippen LogP contribution in [0.4, 0.5) is 0 Å². The molecule has 3 aromatic heterocycles. The second kappa shape index (κ2) is 7.21. The average Bonchev–Trinajstić information content (AvgIpc) is 3.33. The Hall–Kier alpha value is -3.39. The molecule has 0 unspecified atom stereocenters. The minimum Gasteiger partial charge on any atom is -0.423 e. The van der Waals surface area contributed by atoms with Crippen LogP contribution in [0.3, 0.4) is 0 Å². The van der Waals surface area contributed by atoms with Gasteiger partial charge >= 0.3 is 5.63 Å². The molecule has 0 aliphatic rings. The zero-order valence-electron chi connectivity index (χ0n) is 15.6. The normalized spacial score (nSPS) is 11.5. The summed E-state index contributed by atoms with van der Waals surface area (Å²) in [5.74, 6) is 0.649. The van der Waals surface area contributed by atoms with Crippen molar-refractivity contribution >= 4 is 33.8 Å². The van der Waals surface area contributed by atoms with Crippen molar-refractivity contribution in [2.75, 3.05) is 0 Å². The van der Waals surface area contributed by atoms with E-state index in [1.165, 1.54) is 6.07 Å². The number of imidazole rings is 1. The average molecular weight is 403 g/mol. The number of para-hydroxylation sites is 2. The van der Waals surface area contributed by atoms with Gasteiger partial charge in [-0.05, 0) is 36.8 Å². The van der Waals surface area contributed by atoms with E-state index < -0.39 is 0 Å². The summed E-state index contributed by atoms with van der Waals surface area (Å²) in [4.78, 5) is 19.7. The molecule has 0 saturated heterocycles. The first-order chi connectivity index (χ1) is 14.1. The summed E-state index contributed by atoms with van der Waals surface area (Å²) in [6.45, 7) is 2.46. The zero-order chi connectivity index (χ0) is 19.8. The van der Waals surface area contributed by atoms with Crippen LogP contribution in [0, 0.1) is 6.92 Å². The number of rotatable bonds is 5. The third kappa shape index (κ3) is 3.66. The van der Waals surface area contributed by atoms with Crippen molar-refractivity contribution in [1.82, 2.24) is 25.0 Å². The van der Waals surface area contributed by atoms with E-state index in [1.807, 2.05) is 55.6 Å². The second-order valence-electron chi connectivity index (χ2n) is 6.85. The summed E-state index contributed by atoms with van der Waals surface area (Å²) < 4.78 is 7.04. The Kier molecular flexibility index (Phi) is 4.40. The monoisotopic (exact) mass is 403 g/mol. The number of aromatic nitrogens is 5. The predicted molar refractivity (Wildman–Crippen MR) is 112 cm³/mol. The van der Waals surface area contributed by atoms with Gasteiger partial charge in [-0.3, -0.25) is 0 Å². The van der Waals surface area contributed by atoms with Gasteiger partial charge in [0.15, 0.2) is 5.16 Å². The summed E-state index contributed by atoms with van der Waals surface area (Å²) >= 11 is 1.58. The van der Waals surface area contributed by atoms with Gasteiger partial charge in [0, 0.05) is 23.4 Å². The van der Waals surface area contributed by atoms with Crippen LogP contribution in [0.15, 0.2) is 69.1 Å². The fraction of sp³-hybridized carbons (Fsp3) is 0.143. The Labute approximate surface area is 169 Å². The Morgan fingerprint density at radius 2 is 2.07 bits per heavy atom. The highest BCUT2D eigenvalue weighted by molar-refractivity contribution is 7.98. The first kappa shape index (κ1) is 17.7. The number of nitrogens with one attached hydrogen (secondary N) is 1. The topological polar surface area (TPSA) is 89.6 Å². The molecule has 0 radical (unpaired) electrons. The standard InChI is InChI=1S/C21H17N5O2S/c1-13-6-7-19-16(8-13)14(9-20(27)28-19)10-26-11-15(24-25-26)12-29-21-22-17-4-2-3-5-18(17)23-21/h2-9,11H,10,12H2,1H3,(H,22,23). The van der Waals surface area contributed by atoms with Crippen molar-refractivity contribution < 1.29 is 4.42 Å². The molecule has 29 heavy (non-hydrogen) atoms. The van der Waals surface area contributed by atoms with Crippen molar-refractivity contribution in [3.05, 3.63) is 82.0 Å². The van der Waals surface area contributed by atoms with Crippen LogP contribution in [0.5, 0.6) is 0 Å². The summed E-state index contributed by atoms with van der Waals surface area (Å²) in [5, 5.41) is 10.2. The van der Waals surface area contributed by atoms with Crippen LogP contribution in [-0.2, 0) is 12.3 Å². The van der Waals surface area contributed by atoms with Crippen molar-refractivity contribution in [2.45, 2.75) is 24.4 Å². The van der Waals surface area contributed by atoms with Crippen molar-refractivity contribution in [3.8, 4) is 0 Å². The summed E-state index contributed by atoms with van der Waals surface area (Å²) in [7, 11) is 0. The maximum absolute atomic E-state index is 11.9. The van der Waals surface area contributed by atoms with Gasteiger partial charge in [0.2, 0.25) is 0 Å². The Balaban J connectivity index is 1.34. The van der Waals surface area contributed by atoms with Crippen LogP contribution < -0.4 is 5.63 Å². The van der Waals surface area contributed by atoms with Gasteiger partial charge in [-0.15, -0.1) is 5.10 Å². The highest BCUT2D eigenvalue weighted by Crippen LogP contribution is 2.23. The minimum absolute atomic E-state index is 0.364. The molecule has 0 spiro atoms. The van der Waals surface area contributed by atoms with Crippen LogP contribution in [0.1, 0.15) is 16.8 Å². The lowest BCUT2D eigenvalue weighted by molar-refractivity contribution is 0.555. The van der Waals surface area contributed by atoms with Crippen LogP contribution in [0.25, 0.3) is 22.0 Å². The second-order valence-corrected chi connectivity index (χ2v) is 7.81. The van der Waals surface area contributed by atoms with E-state index in [-0.39, 0.29) is 5.63 Å². The first-order valence-corrected chi connectivity index (χ1v) is 10.1. The maximum Gasteiger partial charge on any atom is 0.336 e. The van der Waals surface area contributed by atoms with Gasteiger partial charge in [-0.25, -0.2) is 14.5 Å². The number of aryl methyl sites for hydroxylation is 1. The minimum atomic E-state index is -0.364. The van der Waals surface area contributed by atoms with Crippen LogP contribution in [0.2, 0.25) is 0 Å². The van der Waals surface area contributed by atoms with E-state index in [0.717, 1.165) is 38.4 Å². The molecule has 0 fully saturated rings. The number of nitrogens with zero attached hydrogens (tertiary/aromatic N) is 4. The molecule has 0 atom stereocenters. The van der Waals surface area contributed by atoms with E-state index in [4.69, 9.17) is 4.42 Å². The van der Waals surface area contributed by atoms with Gasteiger partial charge in [-0.1, -0.05) is 40.7 Å². The molecule has 5 aromatic rings. The molecular formula is C21H17N5O2S. The molecular weight excluding hydrogens is 386 g/mol. The molecule has 7 nitrogen and oxygen atoms in total. The Bertz CT molecular complexity index is 1350. The molecule has 0 bridgehead atoms. The molecule has 144 valence electrons. The van der Waals surface area contributed by atoms with Gasteiger partial charge in [0.1, 0.15) is 5.58 Å². The fourth-order valence-corrected chi connectivity index (χ4v) is 4.03. The van der Waals surface area contributed by atoms with Gasteiger partial charge in [0.05, 0.1) is 23.3 Å². The Morgan fingerprint density at radius 1 is 1.17 bits per heavy atom. The predicted octanol–water partition coefficient (Wildman–Crippen LogP) is 3.91. The molecule has 5 rings (SSSR count). The quantitative estimate of drug-likeness (QED) is 0.353. The fourth-order valence-electron chi connectivity index (χ4n) is 3.27. The lowest BCUT2D eigenvalue weighted by Crippen LogP contribution is -2.06. The zero-order valence-corrected chi connectivity index (χ0v) is 16.4. The van der Waals surface area contributed by atoms with E-state index in [1.54, 1.807) is 16.4 Å². The third-order valence-corrected chi connectivity index (χ3v) is 5.53. The number of H-pyrrole nitrogens is 1.